The summed E-state index contributed by atoms with van der Waals surface area (Å²) in [4.78, 5) is 104. The third-order valence-corrected chi connectivity index (χ3v) is 13.4. The Morgan fingerprint density at radius 3 is 1.80 bits per heavy atom. The summed E-state index contributed by atoms with van der Waals surface area (Å²) in [5.41, 5.74) is -1.89. The quantitative estimate of drug-likeness (QED) is 0.0443. The molecule has 1 aromatic heterocycles. The highest BCUT2D eigenvalue weighted by molar-refractivity contribution is 5.86. The first-order valence-corrected chi connectivity index (χ1v) is 26.1. The van der Waals surface area contributed by atoms with E-state index in [1.807, 2.05) is 0 Å². The van der Waals surface area contributed by atoms with Crippen LogP contribution in [0.3, 0.4) is 0 Å². The van der Waals surface area contributed by atoms with Crippen molar-refractivity contribution in [2.24, 2.45) is 0 Å². The van der Waals surface area contributed by atoms with Crippen molar-refractivity contribution in [1.82, 2.24) is 61.2 Å². The van der Waals surface area contributed by atoms with Crippen LogP contribution >= 0.6 is 0 Å². The predicted octanol–water partition coefficient (Wildman–Crippen LogP) is -2.10. The number of carbonyl (C=O) groups is 8. The van der Waals surface area contributed by atoms with E-state index in [4.69, 9.17) is 4.74 Å². The van der Waals surface area contributed by atoms with Crippen LogP contribution in [0.5, 0.6) is 0 Å². The molecular weight excluding hydrogens is 992 g/mol. The number of nitrogens with one attached hydrogen (secondary N) is 5. The van der Waals surface area contributed by atoms with Gasteiger partial charge in [0.2, 0.25) is 29.3 Å². The predicted molar refractivity (Wildman–Crippen MR) is 263 cm³/mol. The van der Waals surface area contributed by atoms with Crippen molar-refractivity contribution in [2.75, 3.05) is 91.6 Å². The summed E-state index contributed by atoms with van der Waals surface area (Å²) in [5.74, 6) is -4.36. The van der Waals surface area contributed by atoms with Crippen molar-refractivity contribution in [1.29, 1.82) is 0 Å². The van der Waals surface area contributed by atoms with E-state index in [2.05, 4.69) is 36.9 Å². The minimum absolute atomic E-state index is 0.0151. The van der Waals surface area contributed by atoms with Gasteiger partial charge >= 0.3 is 18.0 Å². The van der Waals surface area contributed by atoms with Gasteiger partial charge in [-0.05, 0) is 57.8 Å². The van der Waals surface area contributed by atoms with Gasteiger partial charge in [-0.2, -0.15) is 0 Å². The fraction of sp³-hybridized carbons (Fsp3) is 0.787. The average Bonchev–Trinajstić information content (AvgIpc) is 3.74. The zero-order valence-corrected chi connectivity index (χ0v) is 43.0. The number of aromatic nitrogens is 3. The Balaban J connectivity index is 1.13. The molecule has 3 heterocycles. The number of alkyl halides is 1. The summed E-state index contributed by atoms with van der Waals surface area (Å²) in [7, 11) is 0. The van der Waals surface area contributed by atoms with Crippen LogP contribution < -0.4 is 26.6 Å². The third-order valence-electron chi connectivity index (χ3n) is 13.4. The summed E-state index contributed by atoms with van der Waals surface area (Å²) >= 11 is 0. The van der Waals surface area contributed by atoms with Gasteiger partial charge < -0.3 is 66.9 Å². The second-order valence-electron chi connectivity index (χ2n) is 19.4. The minimum atomic E-state index is -2.39. The Bertz CT molecular complexity index is 2010. The molecule has 27 nitrogen and oxygen atoms in total. The first kappa shape index (κ1) is 61.9. The van der Waals surface area contributed by atoms with Crippen LogP contribution in [0, 0.1) is 0 Å². The summed E-state index contributed by atoms with van der Waals surface area (Å²) in [6.45, 7) is 2.92. The van der Waals surface area contributed by atoms with Gasteiger partial charge in [-0.25, -0.2) is 13.9 Å². The summed E-state index contributed by atoms with van der Waals surface area (Å²) in [5, 5.41) is 80.3. The second-order valence-corrected chi connectivity index (χ2v) is 19.4. The van der Waals surface area contributed by atoms with Crippen molar-refractivity contribution in [3.05, 3.63) is 11.4 Å². The summed E-state index contributed by atoms with van der Waals surface area (Å²) < 4.78 is 23.6. The molecular formula is C47H79FN12O15. The molecule has 2 aliphatic heterocycles. The molecule has 0 bridgehead atoms. The molecule has 2 unspecified atom stereocenters. The van der Waals surface area contributed by atoms with Crippen molar-refractivity contribution >= 4 is 47.6 Å². The Hall–Kier alpha value is -5.65. The van der Waals surface area contributed by atoms with Gasteiger partial charge in [-0.15, -0.1) is 5.10 Å². The van der Waals surface area contributed by atoms with E-state index >= 15 is 4.39 Å². The number of fused-ring (bicyclic) bond motifs is 1. The molecule has 6 atom stereocenters. The molecule has 424 valence electrons. The lowest BCUT2D eigenvalue weighted by molar-refractivity contribution is -0.261. The van der Waals surface area contributed by atoms with Gasteiger partial charge in [0.25, 0.3) is 5.91 Å². The van der Waals surface area contributed by atoms with E-state index in [0.29, 0.717) is 76.4 Å². The molecule has 3 aliphatic rings. The number of rotatable bonds is 26. The number of ether oxygens (including phenoxy) is 1. The zero-order chi connectivity index (χ0) is 54.9. The number of halogens is 1. The SMILES string of the molecule is CC(=O)N[C@H]1C(NC(=O)CCCCCCNC(=O)CCCCCNC(=O)C2(F)CCCCCc3c2nnn3CCCNC(=O)CN2CCN(CC(=O)O)CCN(C(=O)O)CCN(CC(=O)O)CC2)O[C@H](O)[C@@H](O)[C@@H]1O. The number of unbranched alkanes of at least 4 members (excludes halogenated alkanes) is 5. The number of aliphatic hydroxyl groups excluding tert-OH is 3. The molecule has 1 aliphatic carbocycles. The number of hydrogen-bond donors (Lipinski definition) is 11. The van der Waals surface area contributed by atoms with E-state index in [-0.39, 0.29) is 128 Å². The van der Waals surface area contributed by atoms with E-state index < -0.39 is 72.2 Å². The number of aliphatic carboxylic acids is 2. The van der Waals surface area contributed by atoms with Crippen molar-refractivity contribution < 1.29 is 78.1 Å². The highest BCUT2D eigenvalue weighted by atomic mass is 19.1. The standard InChI is InChI=1S/C47H79FN12O15/c1-32(61)52-39-40(69)41(70)44(71)75-43(39)53-35(63)15-7-2-3-10-17-49-34(62)14-8-5-11-18-51-45(72)47(48)16-9-4-6-13-33-42(47)54-55-60(33)20-12-19-50-36(64)29-56-21-23-57(30-37(65)66)25-27-59(46(73)74)28-26-58(24-22-56)31-38(67)68/h39-41,43-44,69-71H,2-31H2,1H3,(H,49,62)(H,50,64)(H,51,72)(H,52,61)(H,53,63)(H,65,66)(H,67,68)(H,73,74)/t39-,40-,41+,43?,44+,47?/m1/s1. The van der Waals surface area contributed by atoms with Crippen molar-refractivity contribution in [2.45, 2.75) is 146 Å². The number of amides is 6. The molecule has 1 aromatic rings. The molecule has 2 fully saturated rings. The molecule has 0 radical (unpaired) electrons. The Morgan fingerprint density at radius 1 is 0.640 bits per heavy atom. The lowest BCUT2D eigenvalue weighted by Crippen LogP contribution is -2.67. The average molecular weight is 1070 g/mol. The van der Waals surface area contributed by atoms with Crippen LogP contribution in [-0.2, 0) is 56.9 Å². The van der Waals surface area contributed by atoms with Crippen molar-refractivity contribution in [3.8, 4) is 0 Å². The molecule has 6 amide bonds. The second kappa shape index (κ2) is 32.1. The highest BCUT2D eigenvalue weighted by Crippen LogP contribution is 2.36. The maximum Gasteiger partial charge on any atom is 0.407 e. The fourth-order valence-electron chi connectivity index (χ4n) is 9.18. The summed E-state index contributed by atoms with van der Waals surface area (Å²) in [6.07, 6.45) is 0.0573. The molecule has 28 heteroatoms. The van der Waals surface area contributed by atoms with Crippen molar-refractivity contribution in [3.63, 3.8) is 0 Å². The van der Waals surface area contributed by atoms with Gasteiger partial charge in [0.05, 0.1) is 25.3 Å². The number of nitrogens with zero attached hydrogens (tertiary/aromatic N) is 7. The van der Waals surface area contributed by atoms with Crippen LogP contribution in [0.4, 0.5) is 9.18 Å². The lowest BCUT2D eigenvalue weighted by Gasteiger charge is -2.41. The maximum atomic E-state index is 16.8. The number of aryl methyl sites for hydroxylation is 1. The van der Waals surface area contributed by atoms with E-state index in [1.54, 1.807) is 19.4 Å². The first-order chi connectivity index (χ1) is 35.8. The van der Waals surface area contributed by atoms with E-state index in [0.717, 1.165) is 17.7 Å². The van der Waals surface area contributed by atoms with Gasteiger partial charge in [-0.3, -0.25) is 48.3 Å². The monoisotopic (exact) mass is 1070 g/mol. The topological polar surface area (TPSA) is 371 Å². The molecule has 75 heavy (non-hydrogen) atoms. The molecule has 11 N–H and O–H groups in total. The maximum absolute atomic E-state index is 16.8. The van der Waals surface area contributed by atoms with Crippen LogP contribution in [0.25, 0.3) is 0 Å². The largest absolute Gasteiger partial charge is 0.480 e. The normalized spacial score (nSPS) is 23.5. The first-order valence-electron chi connectivity index (χ1n) is 26.1. The Morgan fingerprint density at radius 2 is 1.19 bits per heavy atom. The Labute approximate surface area is 435 Å². The zero-order valence-electron chi connectivity index (χ0n) is 43.0. The van der Waals surface area contributed by atoms with Gasteiger partial charge in [0.15, 0.2) is 12.5 Å². The molecule has 0 spiro atoms. The van der Waals surface area contributed by atoms with E-state index in [1.165, 1.54) is 6.92 Å². The Kier molecular flexibility index (Phi) is 26.5. The van der Waals surface area contributed by atoms with Gasteiger partial charge in [-0.1, -0.05) is 30.9 Å². The number of carboxylic acid groups (broad SMARTS) is 3. The number of aliphatic hydroxyl groups is 3. The molecule has 4 rings (SSSR count). The molecule has 0 saturated carbocycles. The van der Waals surface area contributed by atoms with E-state index in [9.17, 15) is 69.0 Å². The van der Waals surface area contributed by atoms with Crippen LogP contribution in [0.2, 0.25) is 0 Å². The van der Waals surface area contributed by atoms with Gasteiger partial charge in [0, 0.05) is 98.3 Å². The fourth-order valence-corrected chi connectivity index (χ4v) is 9.18. The smallest absolute Gasteiger partial charge is 0.407 e. The number of carbonyl (C=O) groups excluding carboxylic acids is 5. The van der Waals surface area contributed by atoms with Crippen LogP contribution in [0.1, 0.15) is 108 Å². The number of carboxylic acids is 2. The molecule has 2 saturated heterocycles. The lowest BCUT2D eigenvalue weighted by atomic mass is 9.88. The number of hydrogen-bond acceptors (Lipinski definition) is 17. The third kappa shape index (κ3) is 21.5. The van der Waals surface area contributed by atoms with Gasteiger partial charge in [0.1, 0.15) is 23.9 Å². The molecule has 0 aromatic carbocycles. The minimum Gasteiger partial charge on any atom is -0.480 e. The summed E-state index contributed by atoms with van der Waals surface area (Å²) in [6, 6.07) is -1.16. The van der Waals surface area contributed by atoms with Crippen LogP contribution in [-0.4, -0.2) is 235 Å². The van der Waals surface area contributed by atoms with Crippen LogP contribution in [0.15, 0.2) is 0 Å². The highest BCUT2D eigenvalue weighted by Gasteiger charge is 2.46.